The summed E-state index contributed by atoms with van der Waals surface area (Å²) >= 11 is 3.28. The number of nitrogens with two attached hydrogens (primary N) is 1. The molecule has 0 aliphatic carbocycles. The van der Waals surface area contributed by atoms with E-state index in [-0.39, 0.29) is 23.5 Å². The van der Waals surface area contributed by atoms with E-state index in [2.05, 4.69) is 21.2 Å². The van der Waals surface area contributed by atoms with Crippen molar-refractivity contribution in [1.82, 2.24) is 4.31 Å². The Bertz CT molecular complexity index is 722. The monoisotopic (exact) mass is 389 g/mol. The maximum Gasteiger partial charge on any atom is 0.262 e. The summed E-state index contributed by atoms with van der Waals surface area (Å²) in [6.07, 6.45) is 1.57. The number of hydrogen-bond donors (Lipinski definition) is 2. The fourth-order valence-electron chi connectivity index (χ4n) is 2.77. The molecule has 0 spiro atoms. The van der Waals surface area contributed by atoms with Crippen molar-refractivity contribution in [2.24, 2.45) is 5.73 Å². The van der Waals surface area contributed by atoms with Gasteiger partial charge in [-0.25, -0.2) is 8.42 Å². The number of fused-ring (bicyclic) bond motifs is 1. The molecule has 0 bridgehead atoms. The second kappa shape index (κ2) is 5.80. The second-order valence-electron chi connectivity index (χ2n) is 5.26. The van der Waals surface area contributed by atoms with E-state index in [1.54, 1.807) is 6.07 Å². The molecule has 0 saturated carbocycles. The van der Waals surface area contributed by atoms with Crippen molar-refractivity contribution in [3.63, 3.8) is 0 Å². The Balaban J connectivity index is 2.02. The number of nitrogens with zero attached hydrogens (tertiary/aromatic N) is 1. The standard InChI is InChI=1S/C13H16BrN3O4S/c14-9-4-10-11(21-7-13(18)16-10)5-12(9)22(19,20)17-3-1-2-8(17)6-15/h4-5,8H,1-3,6-7,15H2,(H,16,18). The Kier molecular flexibility index (Phi) is 4.15. The highest BCUT2D eigenvalue weighted by molar-refractivity contribution is 9.10. The molecule has 1 atom stereocenters. The van der Waals surface area contributed by atoms with Crippen LogP contribution in [0.3, 0.4) is 0 Å². The topological polar surface area (TPSA) is 102 Å². The van der Waals surface area contributed by atoms with Gasteiger partial charge in [0.05, 0.1) is 5.69 Å². The van der Waals surface area contributed by atoms with Gasteiger partial charge < -0.3 is 15.8 Å². The highest BCUT2D eigenvalue weighted by atomic mass is 79.9. The number of amides is 1. The Labute approximate surface area is 137 Å². The van der Waals surface area contributed by atoms with Crippen molar-refractivity contribution >= 4 is 37.5 Å². The smallest absolute Gasteiger partial charge is 0.262 e. The molecule has 2 aliphatic heterocycles. The number of sulfonamides is 1. The average Bonchev–Trinajstić information content (AvgIpc) is 2.95. The molecule has 3 rings (SSSR count). The minimum Gasteiger partial charge on any atom is -0.482 e. The largest absolute Gasteiger partial charge is 0.482 e. The van der Waals surface area contributed by atoms with E-state index in [9.17, 15) is 13.2 Å². The summed E-state index contributed by atoms with van der Waals surface area (Å²) in [4.78, 5) is 11.4. The van der Waals surface area contributed by atoms with Gasteiger partial charge in [0.1, 0.15) is 10.6 Å². The van der Waals surface area contributed by atoms with Gasteiger partial charge in [0.15, 0.2) is 6.61 Å². The molecule has 2 heterocycles. The van der Waals surface area contributed by atoms with Gasteiger partial charge in [0, 0.05) is 29.7 Å². The quantitative estimate of drug-likeness (QED) is 0.798. The molecule has 2 aliphatic rings. The summed E-state index contributed by atoms with van der Waals surface area (Å²) in [7, 11) is -3.66. The number of carbonyl (C=O) groups excluding carboxylic acids is 1. The van der Waals surface area contributed by atoms with Crippen LogP contribution in [0.2, 0.25) is 0 Å². The van der Waals surface area contributed by atoms with Crippen LogP contribution in [0.5, 0.6) is 5.75 Å². The number of nitrogens with one attached hydrogen (secondary N) is 1. The fraction of sp³-hybridized carbons (Fsp3) is 0.462. The first kappa shape index (κ1) is 15.7. The van der Waals surface area contributed by atoms with Crippen molar-refractivity contribution in [3.8, 4) is 5.75 Å². The minimum atomic E-state index is -3.66. The molecular weight excluding hydrogens is 374 g/mol. The maximum atomic E-state index is 12.9. The number of rotatable bonds is 3. The molecule has 3 N–H and O–H groups in total. The van der Waals surface area contributed by atoms with Crippen molar-refractivity contribution in [1.29, 1.82) is 0 Å². The van der Waals surface area contributed by atoms with E-state index >= 15 is 0 Å². The van der Waals surface area contributed by atoms with E-state index in [0.717, 1.165) is 12.8 Å². The van der Waals surface area contributed by atoms with Crippen molar-refractivity contribution in [3.05, 3.63) is 16.6 Å². The summed E-state index contributed by atoms with van der Waals surface area (Å²) in [6.45, 7) is 0.642. The van der Waals surface area contributed by atoms with Crippen LogP contribution < -0.4 is 15.8 Å². The lowest BCUT2D eigenvalue weighted by Gasteiger charge is -2.25. The lowest BCUT2D eigenvalue weighted by Crippen LogP contribution is -2.40. The Morgan fingerprint density at radius 2 is 2.23 bits per heavy atom. The van der Waals surface area contributed by atoms with Crippen LogP contribution >= 0.6 is 15.9 Å². The molecule has 7 nitrogen and oxygen atoms in total. The molecule has 1 aromatic rings. The van der Waals surface area contributed by atoms with Gasteiger partial charge in [-0.1, -0.05) is 0 Å². The first-order chi connectivity index (χ1) is 10.4. The van der Waals surface area contributed by atoms with Crippen molar-refractivity contribution in [2.75, 3.05) is 25.0 Å². The van der Waals surface area contributed by atoms with Crippen LogP contribution in [0.25, 0.3) is 0 Å². The Morgan fingerprint density at radius 3 is 2.95 bits per heavy atom. The van der Waals surface area contributed by atoms with E-state index in [0.29, 0.717) is 29.0 Å². The summed E-state index contributed by atoms with van der Waals surface area (Å²) in [5.74, 6) is 0.0858. The van der Waals surface area contributed by atoms with Gasteiger partial charge in [0.2, 0.25) is 10.0 Å². The van der Waals surface area contributed by atoms with Crippen LogP contribution in [-0.2, 0) is 14.8 Å². The molecule has 1 unspecified atom stereocenters. The van der Waals surface area contributed by atoms with Crippen molar-refractivity contribution < 1.29 is 17.9 Å². The number of carbonyl (C=O) groups is 1. The second-order valence-corrected chi connectivity index (χ2v) is 7.98. The minimum absolute atomic E-state index is 0.122. The normalized spacial score (nSPS) is 22.1. The predicted molar refractivity (Wildman–Crippen MR) is 84.2 cm³/mol. The lowest BCUT2D eigenvalue weighted by atomic mass is 10.2. The number of ether oxygens (including phenoxy) is 1. The zero-order valence-electron chi connectivity index (χ0n) is 11.7. The van der Waals surface area contributed by atoms with Crippen LogP contribution in [0.1, 0.15) is 12.8 Å². The molecule has 9 heteroatoms. The summed E-state index contributed by atoms with van der Waals surface area (Å²) in [5.41, 5.74) is 6.13. The van der Waals surface area contributed by atoms with Crippen LogP contribution in [-0.4, -0.2) is 44.4 Å². The van der Waals surface area contributed by atoms with E-state index in [1.807, 2.05) is 0 Å². The summed E-state index contributed by atoms with van der Waals surface area (Å²) in [6, 6.07) is 2.82. The molecule has 1 fully saturated rings. The van der Waals surface area contributed by atoms with E-state index in [1.165, 1.54) is 10.4 Å². The van der Waals surface area contributed by atoms with Gasteiger partial charge >= 0.3 is 0 Å². The average molecular weight is 390 g/mol. The third-order valence-electron chi connectivity index (χ3n) is 3.85. The molecule has 1 saturated heterocycles. The van der Waals surface area contributed by atoms with Crippen LogP contribution in [0.4, 0.5) is 5.69 Å². The van der Waals surface area contributed by atoms with Gasteiger partial charge in [-0.2, -0.15) is 4.31 Å². The molecule has 120 valence electrons. The highest BCUT2D eigenvalue weighted by Gasteiger charge is 2.36. The molecule has 1 amide bonds. The van der Waals surface area contributed by atoms with Gasteiger partial charge in [-0.3, -0.25) is 4.79 Å². The molecule has 1 aromatic carbocycles. The summed E-state index contributed by atoms with van der Waals surface area (Å²) in [5, 5.41) is 2.65. The van der Waals surface area contributed by atoms with E-state index < -0.39 is 10.0 Å². The zero-order valence-corrected chi connectivity index (χ0v) is 14.1. The fourth-order valence-corrected chi connectivity index (χ4v) is 5.49. The Hall–Kier alpha value is -1.16. The van der Waals surface area contributed by atoms with Crippen LogP contribution in [0.15, 0.2) is 21.5 Å². The van der Waals surface area contributed by atoms with Crippen LogP contribution in [0, 0.1) is 0 Å². The first-order valence-corrected chi connectivity index (χ1v) is 9.15. The SMILES string of the molecule is NCC1CCCN1S(=O)(=O)c1cc2c(cc1Br)NC(=O)CO2. The molecular formula is C13H16BrN3O4S. The van der Waals surface area contributed by atoms with Gasteiger partial charge in [-0.05, 0) is 34.8 Å². The number of anilines is 1. The van der Waals surface area contributed by atoms with Gasteiger partial charge in [0.25, 0.3) is 5.91 Å². The van der Waals surface area contributed by atoms with Gasteiger partial charge in [-0.15, -0.1) is 0 Å². The Morgan fingerprint density at radius 1 is 1.45 bits per heavy atom. The summed E-state index contributed by atoms with van der Waals surface area (Å²) < 4.78 is 32.9. The van der Waals surface area contributed by atoms with E-state index in [4.69, 9.17) is 10.5 Å². The molecule has 0 radical (unpaired) electrons. The third-order valence-corrected chi connectivity index (χ3v) is 6.76. The third kappa shape index (κ3) is 2.62. The lowest BCUT2D eigenvalue weighted by molar-refractivity contribution is -0.118. The molecule has 22 heavy (non-hydrogen) atoms. The highest BCUT2D eigenvalue weighted by Crippen LogP contribution is 2.38. The zero-order chi connectivity index (χ0) is 15.9. The van der Waals surface area contributed by atoms with Crippen molar-refractivity contribution in [2.45, 2.75) is 23.8 Å². The maximum absolute atomic E-state index is 12.9. The number of halogens is 1. The number of benzene rings is 1. The number of hydrogen-bond acceptors (Lipinski definition) is 5. The first-order valence-electron chi connectivity index (χ1n) is 6.91. The predicted octanol–water partition coefficient (Wildman–Crippen LogP) is 0.892. The molecule has 0 aromatic heterocycles.